The molecule has 128 valence electrons. The molecule has 1 atom stereocenters. The molecule has 25 heavy (non-hydrogen) atoms. The number of hydrogen-bond acceptors (Lipinski definition) is 5. The van der Waals surface area contributed by atoms with Crippen LogP contribution in [0.5, 0.6) is 0 Å². The van der Waals surface area contributed by atoms with Gasteiger partial charge >= 0.3 is 0 Å². The van der Waals surface area contributed by atoms with E-state index in [-0.39, 0.29) is 5.41 Å². The zero-order chi connectivity index (χ0) is 17.6. The van der Waals surface area contributed by atoms with Gasteiger partial charge in [0.25, 0.3) is 0 Å². The zero-order valence-corrected chi connectivity index (χ0v) is 15.6. The molecule has 0 aliphatic heterocycles. The quantitative estimate of drug-likeness (QED) is 0.735. The highest BCUT2D eigenvalue weighted by Gasteiger charge is 2.33. The first-order chi connectivity index (χ1) is 11.9. The van der Waals surface area contributed by atoms with Crippen LogP contribution in [0.3, 0.4) is 0 Å². The van der Waals surface area contributed by atoms with Gasteiger partial charge in [0.1, 0.15) is 11.0 Å². The molecule has 3 aromatic rings. The van der Waals surface area contributed by atoms with Gasteiger partial charge in [-0.15, -0.1) is 11.3 Å². The van der Waals surface area contributed by atoms with Crippen molar-refractivity contribution in [1.29, 1.82) is 0 Å². The van der Waals surface area contributed by atoms with E-state index in [4.69, 9.17) is 10.1 Å². The lowest BCUT2D eigenvalue weighted by Crippen LogP contribution is -2.24. The number of nitrogens with one attached hydrogen (secondary N) is 1. The smallest absolute Gasteiger partial charge is 0.227 e. The highest BCUT2D eigenvalue weighted by Crippen LogP contribution is 2.45. The highest BCUT2D eigenvalue weighted by atomic mass is 32.2. The van der Waals surface area contributed by atoms with Crippen LogP contribution >= 0.6 is 11.3 Å². The van der Waals surface area contributed by atoms with Gasteiger partial charge in [0, 0.05) is 27.7 Å². The normalized spacial score (nSPS) is 16.0. The molecule has 0 saturated heterocycles. The summed E-state index contributed by atoms with van der Waals surface area (Å²) in [7, 11) is -1.51. The summed E-state index contributed by atoms with van der Waals surface area (Å²) in [5, 5.41) is 10.8. The summed E-state index contributed by atoms with van der Waals surface area (Å²) in [6, 6.07) is 9.29. The maximum absolute atomic E-state index is 11.4. The van der Waals surface area contributed by atoms with Gasteiger partial charge in [-0.1, -0.05) is 19.9 Å². The van der Waals surface area contributed by atoms with Gasteiger partial charge < -0.3 is 5.32 Å². The van der Waals surface area contributed by atoms with Crippen LogP contribution in [0.4, 0.5) is 11.6 Å². The van der Waals surface area contributed by atoms with Gasteiger partial charge in [0.2, 0.25) is 5.95 Å². The van der Waals surface area contributed by atoms with Crippen LogP contribution in [0.25, 0.3) is 11.3 Å². The number of aromatic nitrogens is 2. The maximum atomic E-state index is 11.4. The zero-order valence-electron chi connectivity index (χ0n) is 13.9. The van der Waals surface area contributed by atoms with E-state index in [1.54, 1.807) is 29.5 Å². The van der Waals surface area contributed by atoms with Crippen molar-refractivity contribution in [1.82, 2.24) is 9.97 Å². The monoisotopic (exact) mass is 370 g/mol. The Hall–Kier alpha value is -2.09. The van der Waals surface area contributed by atoms with Crippen molar-refractivity contribution >= 4 is 34.0 Å². The molecule has 3 N–H and O–H groups in total. The lowest BCUT2D eigenvalue weighted by Gasteiger charge is -2.30. The molecule has 1 unspecified atom stereocenters. The Kier molecular flexibility index (Phi) is 3.94. The topological polar surface area (TPSA) is 80.9 Å². The number of fused-ring (bicyclic) bond motifs is 3. The van der Waals surface area contributed by atoms with Crippen molar-refractivity contribution < 1.29 is 4.21 Å². The number of thiophene rings is 1. The Labute approximate surface area is 152 Å². The minimum absolute atomic E-state index is 0.105. The molecule has 0 spiro atoms. The molecule has 4 rings (SSSR count). The van der Waals surface area contributed by atoms with Crippen LogP contribution in [-0.4, -0.2) is 14.2 Å². The van der Waals surface area contributed by atoms with Crippen LogP contribution in [0.2, 0.25) is 0 Å². The first-order valence-corrected chi connectivity index (χ1v) is 10.0. The Bertz CT molecular complexity index is 981. The van der Waals surface area contributed by atoms with E-state index in [0.29, 0.717) is 10.8 Å². The predicted octanol–water partition coefficient (Wildman–Crippen LogP) is 3.76. The summed E-state index contributed by atoms with van der Waals surface area (Å²) in [5.74, 6) is 0.524. The van der Waals surface area contributed by atoms with Crippen LogP contribution in [0, 0.1) is 0 Å². The van der Waals surface area contributed by atoms with Gasteiger partial charge in [-0.05, 0) is 41.6 Å². The number of benzene rings is 1. The summed E-state index contributed by atoms with van der Waals surface area (Å²) >= 11 is 1.78. The van der Waals surface area contributed by atoms with Crippen molar-refractivity contribution in [3.63, 3.8) is 0 Å². The summed E-state index contributed by atoms with van der Waals surface area (Å²) in [5.41, 5.74) is 4.22. The Morgan fingerprint density at radius 3 is 2.96 bits per heavy atom. The summed E-state index contributed by atoms with van der Waals surface area (Å²) in [6.45, 7) is 4.52. The third-order valence-corrected chi connectivity index (χ3v) is 6.35. The maximum Gasteiger partial charge on any atom is 0.227 e. The van der Waals surface area contributed by atoms with Gasteiger partial charge in [-0.3, -0.25) is 0 Å². The third kappa shape index (κ3) is 2.99. The molecule has 1 aliphatic carbocycles. The molecule has 0 amide bonds. The van der Waals surface area contributed by atoms with Crippen LogP contribution in [0.1, 0.15) is 24.3 Å². The van der Waals surface area contributed by atoms with Crippen molar-refractivity contribution in [3.8, 4) is 11.3 Å². The number of rotatable bonds is 3. The van der Waals surface area contributed by atoms with Crippen molar-refractivity contribution in [2.75, 3.05) is 5.32 Å². The Morgan fingerprint density at radius 1 is 1.32 bits per heavy atom. The van der Waals surface area contributed by atoms with Crippen LogP contribution in [-0.2, 0) is 22.8 Å². The molecular formula is C18H18N4OS2. The molecule has 2 aromatic heterocycles. The van der Waals surface area contributed by atoms with Crippen molar-refractivity contribution in [2.45, 2.75) is 30.6 Å². The van der Waals surface area contributed by atoms with E-state index in [2.05, 4.69) is 35.6 Å². The second-order valence-corrected chi connectivity index (χ2v) is 8.72. The summed E-state index contributed by atoms with van der Waals surface area (Å²) < 4.78 is 11.4. The fraction of sp³-hybridized carbons (Fsp3) is 0.222. The van der Waals surface area contributed by atoms with Crippen molar-refractivity contribution in [3.05, 3.63) is 52.3 Å². The van der Waals surface area contributed by atoms with Gasteiger partial charge in [0.05, 0.1) is 10.6 Å². The molecule has 5 nitrogen and oxygen atoms in total. The summed E-state index contributed by atoms with van der Waals surface area (Å²) in [4.78, 5) is 11.1. The predicted molar refractivity (Wildman–Crippen MR) is 102 cm³/mol. The third-order valence-electron chi connectivity index (χ3n) is 4.35. The lowest BCUT2D eigenvalue weighted by atomic mass is 9.77. The minimum atomic E-state index is -1.51. The molecule has 0 bridgehead atoms. The summed E-state index contributed by atoms with van der Waals surface area (Å²) in [6.07, 6.45) is 2.83. The molecule has 1 aliphatic rings. The van der Waals surface area contributed by atoms with Crippen LogP contribution < -0.4 is 10.5 Å². The molecule has 0 fully saturated rings. The fourth-order valence-corrected chi connectivity index (χ4v) is 4.71. The SMILES string of the molecule is CC1(C)Cc2cnc(Nc3cccc(S(N)=O)c3)nc2-c2ccsc21. The molecule has 2 heterocycles. The first kappa shape index (κ1) is 16.4. The van der Waals surface area contributed by atoms with Gasteiger partial charge in [0.15, 0.2) is 0 Å². The largest absolute Gasteiger partial charge is 0.324 e. The van der Waals surface area contributed by atoms with E-state index >= 15 is 0 Å². The first-order valence-electron chi connectivity index (χ1n) is 7.91. The molecule has 0 radical (unpaired) electrons. The fourth-order valence-electron chi connectivity index (χ4n) is 3.23. The van der Waals surface area contributed by atoms with Gasteiger partial charge in [-0.2, -0.15) is 0 Å². The van der Waals surface area contributed by atoms with E-state index in [1.807, 2.05) is 12.3 Å². The van der Waals surface area contributed by atoms with E-state index in [9.17, 15) is 4.21 Å². The molecule has 0 saturated carbocycles. The van der Waals surface area contributed by atoms with E-state index in [1.165, 1.54) is 16.0 Å². The standard InChI is InChI=1S/C18H18N4OS2/c1-18(2)9-11-10-20-17(22-15(11)14-6-7-24-16(14)18)21-12-4-3-5-13(8-12)25(19)23/h3-8,10H,9,19H2,1-2H3,(H,20,21,22). The number of anilines is 2. The Morgan fingerprint density at radius 2 is 2.16 bits per heavy atom. The Balaban J connectivity index is 1.71. The number of nitrogens with zero attached hydrogens (tertiary/aromatic N) is 2. The van der Waals surface area contributed by atoms with Gasteiger partial charge in [-0.25, -0.2) is 19.3 Å². The molecular weight excluding hydrogens is 352 g/mol. The highest BCUT2D eigenvalue weighted by molar-refractivity contribution is 7.82. The van der Waals surface area contributed by atoms with E-state index < -0.39 is 11.0 Å². The molecule has 1 aromatic carbocycles. The second kappa shape index (κ2) is 6.01. The van der Waals surface area contributed by atoms with Crippen molar-refractivity contribution in [2.24, 2.45) is 5.14 Å². The number of nitrogens with two attached hydrogens (primary N) is 1. The number of hydrogen-bond donors (Lipinski definition) is 2. The minimum Gasteiger partial charge on any atom is -0.324 e. The average molecular weight is 371 g/mol. The lowest BCUT2D eigenvalue weighted by molar-refractivity contribution is 0.526. The average Bonchev–Trinajstić information content (AvgIpc) is 3.07. The molecule has 7 heteroatoms. The van der Waals surface area contributed by atoms with E-state index in [0.717, 1.165) is 17.8 Å². The second-order valence-electron chi connectivity index (χ2n) is 6.74. The van der Waals surface area contributed by atoms with Crippen LogP contribution in [0.15, 0.2) is 46.8 Å².